The zero-order valence-electron chi connectivity index (χ0n) is 19.9. The quantitative estimate of drug-likeness (QED) is 0.516. The van der Waals surface area contributed by atoms with Crippen LogP contribution in [0.25, 0.3) is 5.57 Å². The number of hydrogen-bond acceptors (Lipinski definition) is 4. The van der Waals surface area contributed by atoms with Gasteiger partial charge in [-0.2, -0.15) is 0 Å². The number of nitrogens with one attached hydrogen (secondary N) is 2. The number of carbonyl (C=O) groups is 3. The third-order valence-electron chi connectivity index (χ3n) is 6.10. The number of imide groups is 1. The minimum atomic E-state index is -0.410. The second-order valence-corrected chi connectivity index (χ2v) is 8.65. The highest BCUT2D eigenvalue weighted by Crippen LogP contribution is 2.35. The van der Waals surface area contributed by atoms with Gasteiger partial charge in [-0.3, -0.25) is 14.4 Å². The molecule has 0 saturated heterocycles. The van der Waals surface area contributed by atoms with E-state index in [-0.39, 0.29) is 17.2 Å². The Morgan fingerprint density at radius 2 is 1.29 bits per heavy atom. The highest BCUT2D eigenvalue weighted by atomic mass is 16.2. The van der Waals surface area contributed by atoms with Crippen molar-refractivity contribution in [1.29, 1.82) is 0 Å². The lowest BCUT2D eigenvalue weighted by Crippen LogP contribution is -2.32. The molecule has 172 valence electrons. The third kappa shape index (κ3) is 4.35. The van der Waals surface area contributed by atoms with Crippen LogP contribution in [-0.2, 0) is 14.4 Å². The number of hydrogen-bond donors (Lipinski definition) is 2. The summed E-state index contributed by atoms with van der Waals surface area (Å²) in [7, 11) is 0. The van der Waals surface area contributed by atoms with Gasteiger partial charge in [0.15, 0.2) is 0 Å². The fraction of sp³-hybridized carbons (Fsp3) is 0.179. The summed E-state index contributed by atoms with van der Waals surface area (Å²) in [6, 6.07) is 18.3. The van der Waals surface area contributed by atoms with Crippen molar-refractivity contribution < 1.29 is 14.4 Å². The van der Waals surface area contributed by atoms with Crippen molar-refractivity contribution in [1.82, 2.24) is 0 Å². The van der Waals surface area contributed by atoms with Gasteiger partial charge in [-0.15, -0.1) is 0 Å². The van der Waals surface area contributed by atoms with E-state index in [4.69, 9.17) is 0 Å². The number of benzene rings is 3. The summed E-state index contributed by atoms with van der Waals surface area (Å²) in [5.41, 5.74) is 7.26. The molecule has 3 amide bonds. The summed E-state index contributed by atoms with van der Waals surface area (Å²) in [6.45, 7) is 9.39. The van der Waals surface area contributed by atoms with Crippen LogP contribution in [0.3, 0.4) is 0 Å². The summed E-state index contributed by atoms with van der Waals surface area (Å²) >= 11 is 0. The first-order valence-corrected chi connectivity index (χ1v) is 11.1. The zero-order valence-corrected chi connectivity index (χ0v) is 19.9. The normalized spacial score (nSPS) is 13.5. The highest BCUT2D eigenvalue weighted by molar-refractivity contribution is 6.46. The van der Waals surface area contributed by atoms with Gasteiger partial charge < -0.3 is 10.6 Å². The number of amides is 3. The highest BCUT2D eigenvalue weighted by Gasteiger charge is 2.40. The molecule has 0 atom stereocenters. The lowest BCUT2D eigenvalue weighted by Gasteiger charge is -2.17. The molecule has 3 aromatic rings. The van der Waals surface area contributed by atoms with Crippen molar-refractivity contribution >= 4 is 40.4 Å². The zero-order chi connectivity index (χ0) is 24.6. The fourth-order valence-electron chi connectivity index (χ4n) is 3.90. The fourth-order valence-corrected chi connectivity index (χ4v) is 3.90. The van der Waals surface area contributed by atoms with Crippen LogP contribution >= 0.6 is 0 Å². The van der Waals surface area contributed by atoms with Crippen LogP contribution in [0.2, 0.25) is 0 Å². The van der Waals surface area contributed by atoms with E-state index in [0.717, 1.165) is 27.9 Å². The van der Waals surface area contributed by atoms with Crippen molar-refractivity contribution in [3.05, 3.63) is 94.2 Å². The number of anilines is 3. The molecule has 0 radical (unpaired) electrons. The Balaban J connectivity index is 1.80. The molecule has 2 N–H and O–H groups in total. The second-order valence-electron chi connectivity index (χ2n) is 8.65. The molecule has 0 fully saturated rings. The molecule has 34 heavy (non-hydrogen) atoms. The van der Waals surface area contributed by atoms with Gasteiger partial charge in [0, 0.05) is 18.3 Å². The van der Waals surface area contributed by atoms with Crippen molar-refractivity contribution in [2.24, 2.45) is 0 Å². The van der Waals surface area contributed by atoms with E-state index in [2.05, 4.69) is 10.6 Å². The van der Waals surface area contributed by atoms with Crippen LogP contribution in [0.5, 0.6) is 0 Å². The summed E-state index contributed by atoms with van der Waals surface area (Å²) in [5, 5.41) is 5.93. The Morgan fingerprint density at radius 3 is 1.88 bits per heavy atom. The first-order chi connectivity index (χ1) is 16.2. The smallest absolute Gasteiger partial charge is 0.282 e. The van der Waals surface area contributed by atoms with E-state index in [1.165, 1.54) is 11.8 Å². The summed E-state index contributed by atoms with van der Waals surface area (Å²) in [5.74, 6) is -0.989. The number of aryl methyl sites for hydroxylation is 4. The molecule has 0 spiro atoms. The summed E-state index contributed by atoms with van der Waals surface area (Å²) in [6.07, 6.45) is 0. The van der Waals surface area contributed by atoms with Crippen LogP contribution in [0.1, 0.15) is 34.7 Å². The molecule has 4 rings (SSSR count). The van der Waals surface area contributed by atoms with Gasteiger partial charge in [0.2, 0.25) is 5.91 Å². The molecule has 0 unspecified atom stereocenters. The number of nitrogens with zero attached hydrogens (tertiary/aromatic N) is 1. The topological polar surface area (TPSA) is 78.5 Å². The minimum Gasteiger partial charge on any atom is -0.350 e. The van der Waals surface area contributed by atoms with Crippen LogP contribution in [-0.4, -0.2) is 17.7 Å². The van der Waals surface area contributed by atoms with Crippen molar-refractivity contribution in [2.45, 2.75) is 34.6 Å². The number of rotatable bonds is 5. The molecule has 0 aliphatic carbocycles. The van der Waals surface area contributed by atoms with E-state index >= 15 is 0 Å². The van der Waals surface area contributed by atoms with Crippen molar-refractivity contribution in [3.63, 3.8) is 0 Å². The Bertz CT molecular complexity index is 1350. The molecular weight excluding hydrogens is 426 g/mol. The Labute approximate surface area is 199 Å². The molecule has 0 saturated carbocycles. The summed E-state index contributed by atoms with van der Waals surface area (Å²) < 4.78 is 0. The second kappa shape index (κ2) is 8.98. The van der Waals surface area contributed by atoms with Gasteiger partial charge in [0.25, 0.3) is 11.8 Å². The summed E-state index contributed by atoms with van der Waals surface area (Å²) in [4.78, 5) is 39.8. The monoisotopic (exact) mass is 453 g/mol. The molecule has 1 aliphatic heterocycles. The molecule has 0 aromatic heterocycles. The van der Waals surface area contributed by atoms with Gasteiger partial charge >= 0.3 is 0 Å². The molecule has 1 aliphatic rings. The predicted octanol–water partition coefficient (Wildman–Crippen LogP) is 5.28. The first-order valence-electron chi connectivity index (χ1n) is 11.1. The molecule has 1 heterocycles. The molecule has 0 bridgehead atoms. The molecule has 3 aromatic carbocycles. The average Bonchev–Trinajstić information content (AvgIpc) is 3.02. The molecular formula is C28H27N3O3. The van der Waals surface area contributed by atoms with Gasteiger partial charge in [0.05, 0.1) is 11.3 Å². The van der Waals surface area contributed by atoms with E-state index in [9.17, 15) is 14.4 Å². The maximum Gasteiger partial charge on any atom is 0.282 e. The molecule has 6 heteroatoms. The van der Waals surface area contributed by atoms with Gasteiger partial charge in [-0.1, -0.05) is 24.3 Å². The van der Waals surface area contributed by atoms with E-state index in [0.29, 0.717) is 16.9 Å². The van der Waals surface area contributed by atoms with Crippen molar-refractivity contribution in [3.8, 4) is 0 Å². The van der Waals surface area contributed by atoms with Gasteiger partial charge in [0.1, 0.15) is 5.70 Å². The largest absolute Gasteiger partial charge is 0.350 e. The van der Waals surface area contributed by atoms with Crippen LogP contribution in [0, 0.1) is 27.7 Å². The maximum absolute atomic E-state index is 13.6. The van der Waals surface area contributed by atoms with Crippen LogP contribution < -0.4 is 15.5 Å². The lowest BCUT2D eigenvalue weighted by molar-refractivity contribution is -0.120. The van der Waals surface area contributed by atoms with E-state index in [1.54, 1.807) is 30.3 Å². The molecule has 6 nitrogen and oxygen atoms in total. The maximum atomic E-state index is 13.6. The predicted molar refractivity (Wildman–Crippen MR) is 136 cm³/mol. The van der Waals surface area contributed by atoms with Gasteiger partial charge in [-0.25, -0.2) is 4.90 Å². The van der Waals surface area contributed by atoms with E-state index in [1.807, 2.05) is 58.0 Å². The minimum absolute atomic E-state index is 0.183. The Kier molecular flexibility index (Phi) is 6.07. The SMILES string of the molecule is CC(=O)Nc1ccc(C2=C(Nc3ccc(C)c(C)c3)C(=O)N(c3ccc(C)c(C)c3)C2=O)cc1. The van der Waals surface area contributed by atoms with Crippen molar-refractivity contribution in [2.75, 3.05) is 15.5 Å². The Hall–Kier alpha value is -4.19. The van der Waals surface area contributed by atoms with Crippen LogP contribution in [0.4, 0.5) is 17.1 Å². The third-order valence-corrected chi connectivity index (χ3v) is 6.10. The standard InChI is InChI=1S/C28H27N3O3/c1-16-6-10-23(14-18(16)3)30-26-25(21-8-11-22(12-9-21)29-20(5)32)27(33)31(28(26)34)24-13-7-17(2)19(4)15-24/h6-15,30H,1-5H3,(H,29,32). The number of carbonyl (C=O) groups excluding carboxylic acids is 3. The van der Waals surface area contributed by atoms with Gasteiger partial charge in [-0.05, 0) is 91.9 Å². The lowest BCUT2D eigenvalue weighted by atomic mass is 10.0. The average molecular weight is 454 g/mol. The first kappa shape index (κ1) is 23.0. The Morgan fingerprint density at radius 1 is 0.706 bits per heavy atom. The van der Waals surface area contributed by atoms with E-state index < -0.39 is 11.8 Å². The van der Waals surface area contributed by atoms with Crippen LogP contribution in [0.15, 0.2) is 66.4 Å².